The van der Waals surface area contributed by atoms with Gasteiger partial charge in [-0.3, -0.25) is 0 Å². The van der Waals surface area contributed by atoms with Gasteiger partial charge in [0.2, 0.25) is 0 Å². The van der Waals surface area contributed by atoms with Crippen LogP contribution in [-0.2, 0) is 6.54 Å². The van der Waals surface area contributed by atoms with Crippen LogP contribution in [0, 0.1) is 29.4 Å². The minimum Gasteiger partial charge on any atom is -0.356 e. The smallest absolute Gasteiger partial charge is 0.167 e. The van der Waals surface area contributed by atoms with Crippen LogP contribution in [-0.4, -0.2) is 10.7 Å². The third-order valence-corrected chi connectivity index (χ3v) is 5.98. The molecule has 1 aromatic heterocycles. The second-order valence-electron chi connectivity index (χ2n) is 8.63. The molecule has 0 spiro atoms. The number of fused-ring (bicyclic) bond motifs is 2. The lowest BCUT2D eigenvalue weighted by Crippen LogP contribution is -2.54. The first-order valence-electron chi connectivity index (χ1n) is 10.6. The summed E-state index contributed by atoms with van der Waals surface area (Å²) in [6.07, 6.45) is 6.32. The van der Waals surface area contributed by atoms with Crippen molar-refractivity contribution in [3.05, 3.63) is 41.6 Å². The molecule has 5 heteroatoms. The highest BCUT2D eigenvalue weighted by Gasteiger charge is 2.43. The van der Waals surface area contributed by atoms with Crippen molar-refractivity contribution < 1.29 is 13.3 Å². The molecular weight excluding hydrogens is 358 g/mol. The predicted octanol–water partition coefficient (Wildman–Crippen LogP) is 6.34. The number of benzene rings is 1. The molecule has 154 valence electrons. The standard InChI is InChI=1S/C21H26F2N2O.C2H6/c1-13-3-15-4-14(2)10-21(9-13,11-15)24-12-19-8-20(26-25-19)16-5-17(22)7-18(23)6-16;1-2/h5-8,13-15,24H,3-4,9-12H2,1-2H3;1-2H3. The van der Waals surface area contributed by atoms with Gasteiger partial charge in [-0.2, -0.15) is 0 Å². The van der Waals surface area contributed by atoms with Gasteiger partial charge in [0.1, 0.15) is 11.6 Å². The highest BCUT2D eigenvalue weighted by atomic mass is 19.1. The molecular formula is C23H32F2N2O. The Hall–Kier alpha value is -1.75. The average Bonchev–Trinajstić information content (AvgIpc) is 3.09. The van der Waals surface area contributed by atoms with Crippen LogP contribution >= 0.6 is 0 Å². The van der Waals surface area contributed by atoms with Crippen LogP contribution in [0.5, 0.6) is 0 Å². The summed E-state index contributed by atoms with van der Waals surface area (Å²) in [5.41, 5.74) is 1.33. The van der Waals surface area contributed by atoms with E-state index in [1.54, 1.807) is 6.07 Å². The van der Waals surface area contributed by atoms with Crippen molar-refractivity contribution in [2.75, 3.05) is 0 Å². The molecule has 1 heterocycles. The highest BCUT2D eigenvalue weighted by molar-refractivity contribution is 5.57. The van der Waals surface area contributed by atoms with E-state index in [0.717, 1.165) is 29.5 Å². The number of rotatable bonds is 4. The average molecular weight is 391 g/mol. The fourth-order valence-corrected chi connectivity index (χ4v) is 5.43. The molecule has 2 bridgehead atoms. The second-order valence-corrected chi connectivity index (χ2v) is 8.63. The first-order chi connectivity index (χ1) is 13.4. The van der Waals surface area contributed by atoms with E-state index in [0.29, 0.717) is 17.9 Å². The molecule has 2 unspecified atom stereocenters. The van der Waals surface area contributed by atoms with Crippen molar-refractivity contribution in [3.63, 3.8) is 0 Å². The van der Waals surface area contributed by atoms with Crippen LogP contribution in [0.2, 0.25) is 0 Å². The zero-order valence-corrected chi connectivity index (χ0v) is 17.4. The van der Waals surface area contributed by atoms with Gasteiger partial charge in [-0.25, -0.2) is 8.78 Å². The van der Waals surface area contributed by atoms with Crippen LogP contribution in [0.4, 0.5) is 8.78 Å². The molecule has 1 aromatic carbocycles. The van der Waals surface area contributed by atoms with Crippen molar-refractivity contribution in [2.45, 2.75) is 71.9 Å². The van der Waals surface area contributed by atoms with Crippen LogP contribution < -0.4 is 5.32 Å². The second kappa shape index (κ2) is 8.73. The zero-order valence-electron chi connectivity index (χ0n) is 17.4. The van der Waals surface area contributed by atoms with E-state index in [-0.39, 0.29) is 5.54 Å². The number of hydrogen-bond donors (Lipinski definition) is 1. The number of nitrogens with one attached hydrogen (secondary N) is 1. The lowest BCUT2D eigenvalue weighted by molar-refractivity contribution is 0.0538. The van der Waals surface area contributed by atoms with E-state index in [9.17, 15) is 8.78 Å². The molecule has 0 saturated heterocycles. The molecule has 1 N–H and O–H groups in total. The van der Waals surface area contributed by atoms with E-state index in [2.05, 4.69) is 24.3 Å². The molecule has 2 aliphatic rings. The third-order valence-electron chi connectivity index (χ3n) is 5.98. The van der Waals surface area contributed by atoms with Gasteiger partial charge < -0.3 is 9.84 Å². The Labute approximate surface area is 166 Å². The van der Waals surface area contributed by atoms with Crippen molar-refractivity contribution in [1.82, 2.24) is 10.5 Å². The van der Waals surface area contributed by atoms with Gasteiger partial charge >= 0.3 is 0 Å². The van der Waals surface area contributed by atoms with Crippen molar-refractivity contribution in [2.24, 2.45) is 17.8 Å². The molecule has 0 amide bonds. The van der Waals surface area contributed by atoms with Crippen LogP contribution in [0.25, 0.3) is 11.3 Å². The van der Waals surface area contributed by atoms with Gasteiger partial charge in [0.25, 0.3) is 0 Å². The summed E-state index contributed by atoms with van der Waals surface area (Å²) in [6.45, 7) is 9.32. The van der Waals surface area contributed by atoms with Gasteiger partial charge in [0, 0.05) is 29.8 Å². The Bertz CT molecular complexity index is 749. The first kappa shape index (κ1) is 21.0. The minimum atomic E-state index is -0.617. The van der Waals surface area contributed by atoms with Crippen LogP contribution in [0.1, 0.15) is 65.5 Å². The predicted molar refractivity (Wildman–Crippen MR) is 108 cm³/mol. The van der Waals surface area contributed by atoms with Crippen molar-refractivity contribution in [3.8, 4) is 11.3 Å². The fourth-order valence-electron chi connectivity index (χ4n) is 5.43. The van der Waals surface area contributed by atoms with Gasteiger partial charge in [0.05, 0.1) is 5.69 Å². The summed E-state index contributed by atoms with van der Waals surface area (Å²) in [5, 5.41) is 7.85. The fraction of sp³-hybridized carbons (Fsp3) is 0.609. The largest absolute Gasteiger partial charge is 0.356 e. The van der Waals surface area contributed by atoms with Crippen LogP contribution in [0.15, 0.2) is 28.8 Å². The summed E-state index contributed by atoms with van der Waals surface area (Å²) in [7, 11) is 0. The number of nitrogens with zero attached hydrogens (tertiary/aromatic N) is 1. The molecule has 2 aliphatic carbocycles. The topological polar surface area (TPSA) is 38.1 Å². The SMILES string of the molecule is CC.CC1CC2CC(C)CC(NCc3cc(-c4cc(F)cc(F)c4)on3)(C1)C2. The number of hydrogen-bond acceptors (Lipinski definition) is 3. The molecule has 2 fully saturated rings. The third kappa shape index (κ3) is 4.80. The monoisotopic (exact) mass is 390 g/mol. The lowest BCUT2D eigenvalue weighted by Gasteiger charge is -2.50. The van der Waals surface area contributed by atoms with E-state index in [1.807, 2.05) is 13.8 Å². The summed E-state index contributed by atoms with van der Waals surface area (Å²) < 4.78 is 32.1. The van der Waals surface area contributed by atoms with Crippen molar-refractivity contribution in [1.29, 1.82) is 0 Å². The Morgan fingerprint density at radius 3 is 2.21 bits per heavy atom. The van der Waals surface area contributed by atoms with Gasteiger partial charge in [-0.15, -0.1) is 0 Å². The quantitative estimate of drug-likeness (QED) is 0.662. The van der Waals surface area contributed by atoms with E-state index >= 15 is 0 Å². The Kier molecular flexibility index (Phi) is 6.54. The molecule has 28 heavy (non-hydrogen) atoms. The maximum Gasteiger partial charge on any atom is 0.167 e. The molecule has 2 aromatic rings. The Morgan fingerprint density at radius 2 is 1.61 bits per heavy atom. The van der Waals surface area contributed by atoms with Crippen molar-refractivity contribution >= 4 is 0 Å². The molecule has 3 nitrogen and oxygen atoms in total. The maximum atomic E-state index is 13.4. The molecule has 4 rings (SSSR count). The number of halogens is 2. The summed E-state index contributed by atoms with van der Waals surface area (Å²) in [5.74, 6) is 1.47. The van der Waals surface area contributed by atoms with E-state index in [4.69, 9.17) is 4.52 Å². The zero-order chi connectivity index (χ0) is 20.3. The molecule has 0 aliphatic heterocycles. The lowest BCUT2D eigenvalue weighted by atomic mass is 9.61. The normalized spacial score (nSPS) is 29.1. The van der Waals surface area contributed by atoms with Gasteiger partial charge in [0.15, 0.2) is 5.76 Å². The van der Waals surface area contributed by atoms with E-state index < -0.39 is 11.6 Å². The molecule has 0 radical (unpaired) electrons. The van der Waals surface area contributed by atoms with E-state index in [1.165, 1.54) is 44.2 Å². The van der Waals surface area contributed by atoms with Crippen LogP contribution in [0.3, 0.4) is 0 Å². The first-order valence-corrected chi connectivity index (χ1v) is 10.6. The minimum absolute atomic E-state index is 0.185. The Morgan fingerprint density at radius 1 is 1.00 bits per heavy atom. The molecule has 2 saturated carbocycles. The number of aromatic nitrogens is 1. The summed E-state index contributed by atoms with van der Waals surface area (Å²) in [6, 6.07) is 5.14. The summed E-state index contributed by atoms with van der Waals surface area (Å²) >= 11 is 0. The van der Waals surface area contributed by atoms with Gasteiger partial charge in [-0.1, -0.05) is 32.9 Å². The maximum absolute atomic E-state index is 13.4. The van der Waals surface area contributed by atoms with Gasteiger partial charge in [-0.05, 0) is 62.0 Å². The highest BCUT2D eigenvalue weighted by Crippen LogP contribution is 2.47. The Balaban J connectivity index is 0.00000109. The molecule has 2 atom stereocenters. The summed E-state index contributed by atoms with van der Waals surface area (Å²) in [4.78, 5) is 0.